The summed E-state index contributed by atoms with van der Waals surface area (Å²) in [5.74, 6) is -0.675. The van der Waals surface area contributed by atoms with Crippen molar-refractivity contribution in [1.82, 2.24) is 35.0 Å². The number of methoxy groups -OCH3 is 1. The maximum absolute atomic E-state index is 15.2. The number of nitrogens with one attached hydrogen (secondary N) is 1. The molecule has 216 valence electrons. The van der Waals surface area contributed by atoms with Crippen LogP contribution < -0.4 is 5.32 Å². The van der Waals surface area contributed by atoms with Crippen LogP contribution in [0.3, 0.4) is 0 Å². The first-order valence-corrected chi connectivity index (χ1v) is 12.8. The predicted octanol–water partition coefficient (Wildman–Crippen LogP) is 5.78. The summed E-state index contributed by atoms with van der Waals surface area (Å²) in [6.45, 7) is -3.19. The number of amides is 1. The van der Waals surface area contributed by atoms with E-state index >= 15 is 4.39 Å². The van der Waals surface area contributed by atoms with E-state index in [0.717, 1.165) is 11.1 Å². The van der Waals surface area contributed by atoms with Crippen molar-refractivity contribution in [3.05, 3.63) is 90.0 Å². The molecule has 5 aromatic rings. The lowest BCUT2D eigenvalue weighted by molar-refractivity contribution is -0.130. The summed E-state index contributed by atoms with van der Waals surface area (Å²) in [5, 5.41) is 18.0. The monoisotopic (exact) mass is 598 g/mol. The number of hydrogen-bond donors (Lipinski definition) is 1. The molecule has 0 saturated carbocycles. The molecule has 3 aromatic heterocycles. The molecule has 1 amide bonds. The normalized spacial score (nSPS) is 12.0. The minimum Gasteiger partial charge on any atom is -0.453 e. The highest BCUT2D eigenvalue weighted by molar-refractivity contribution is 6.31. The number of ether oxygens (including phenoxy) is 2. The predicted molar refractivity (Wildman–Crippen MR) is 146 cm³/mol. The number of nitrogens with zero attached hydrogens (tertiary/aromatic N) is 7. The second-order valence-corrected chi connectivity index (χ2v) is 9.23. The summed E-state index contributed by atoms with van der Waals surface area (Å²) in [6, 6.07) is 12.7. The van der Waals surface area contributed by atoms with Gasteiger partial charge in [0.15, 0.2) is 5.82 Å². The van der Waals surface area contributed by atoms with Crippen LogP contribution in [0.2, 0.25) is 5.02 Å². The molecule has 0 bridgehead atoms. The highest BCUT2D eigenvalue weighted by Crippen LogP contribution is 2.34. The fourth-order valence-electron chi connectivity index (χ4n) is 4.28. The fourth-order valence-corrected chi connectivity index (χ4v) is 4.44. The zero-order valence-corrected chi connectivity index (χ0v) is 22.6. The van der Waals surface area contributed by atoms with Gasteiger partial charge >= 0.3 is 12.7 Å². The number of rotatable bonds is 10. The molecule has 0 aliphatic carbocycles. The van der Waals surface area contributed by atoms with Crippen molar-refractivity contribution >= 4 is 23.4 Å². The number of anilines is 1. The van der Waals surface area contributed by atoms with Crippen LogP contribution in [0, 0.1) is 5.82 Å². The molecular formula is C27H22ClF3N8O3. The number of benzene rings is 2. The summed E-state index contributed by atoms with van der Waals surface area (Å²) >= 11 is 6.06. The molecule has 0 aliphatic heterocycles. The molecule has 2 aromatic carbocycles. The third kappa shape index (κ3) is 6.39. The quantitative estimate of drug-likeness (QED) is 0.215. The standard InChI is InChI=1S/C27H22ClF3N8O3/c1-41-27(40)35-19-5-2-16(3-6-19)18-13-34-38(14-18)22(10-11-42-26(30)31)21-8-4-17(12-32-21)24-23(39-15-33-36-37-39)9-7-20(28)25(24)29/h2-9,12-15,22,26H,10-11H2,1H3,(H,35,40). The molecule has 15 heteroatoms. The molecule has 1 N–H and O–H groups in total. The Morgan fingerprint density at radius 3 is 2.50 bits per heavy atom. The van der Waals surface area contributed by atoms with Gasteiger partial charge in [0.1, 0.15) is 6.33 Å². The smallest absolute Gasteiger partial charge is 0.411 e. The van der Waals surface area contributed by atoms with Crippen LogP contribution in [0.5, 0.6) is 0 Å². The summed E-state index contributed by atoms with van der Waals surface area (Å²) in [5.41, 5.74) is 3.45. The average Bonchev–Trinajstić information content (AvgIpc) is 3.70. The molecule has 0 radical (unpaired) electrons. The summed E-state index contributed by atoms with van der Waals surface area (Å²) in [4.78, 5) is 16.0. The molecule has 42 heavy (non-hydrogen) atoms. The van der Waals surface area contributed by atoms with Gasteiger partial charge in [0.25, 0.3) is 0 Å². The van der Waals surface area contributed by atoms with E-state index < -0.39 is 24.6 Å². The molecule has 0 spiro atoms. The van der Waals surface area contributed by atoms with Crippen molar-refractivity contribution in [3.8, 4) is 27.9 Å². The van der Waals surface area contributed by atoms with Crippen LogP contribution in [0.15, 0.2) is 73.4 Å². The first-order valence-electron chi connectivity index (χ1n) is 12.4. The lowest BCUT2D eigenvalue weighted by Crippen LogP contribution is -2.16. The van der Waals surface area contributed by atoms with Crippen LogP contribution in [-0.2, 0) is 9.47 Å². The van der Waals surface area contributed by atoms with E-state index in [4.69, 9.17) is 11.6 Å². The summed E-state index contributed by atoms with van der Waals surface area (Å²) in [7, 11) is 1.27. The molecular weight excluding hydrogens is 577 g/mol. The van der Waals surface area contributed by atoms with Crippen LogP contribution in [0.1, 0.15) is 18.2 Å². The Morgan fingerprint density at radius 1 is 1.05 bits per heavy atom. The maximum atomic E-state index is 15.2. The number of aromatic nitrogens is 7. The van der Waals surface area contributed by atoms with Gasteiger partial charge in [0.2, 0.25) is 0 Å². The van der Waals surface area contributed by atoms with Crippen molar-refractivity contribution < 1.29 is 27.4 Å². The van der Waals surface area contributed by atoms with E-state index in [-0.39, 0.29) is 23.6 Å². The number of halogens is 4. The Balaban J connectivity index is 1.44. The van der Waals surface area contributed by atoms with Crippen molar-refractivity contribution in [2.24, 2.45) is 0 Å². The first-order chi connectivity index (χ1) is 20.3. The number of alkyl halides is 2. The third-order valence-electron chi connectivity index (χ3n) is 6.29. The molecule has 1 unspecified atom stereocenters. The second kappa shape index (κ2) is 12.8. The summed E-state index contributed by atoms with van der Waals surface area (Å²) in [6.07, 6.45) is 5.69. The highest BCUT2D eigenvalue weighted by atomic mass is 35.5. The Labute approximate surface area is 241 Å². The summed E-state index contributed by atoms with van der Waals surface area (Å²) < 4.78 is 52.7. The lowest BCUT2D eigenvalue weighted by Gasteiger charge is -2.18. The van der Waals surface area contributed by atoms with Gasteiger partial charge in [-0.2, -0.15) is 18.6 Å². The zero-order valence-electron chi connectivity index (χ0n) is 21.9. The van der Waals surface area contributed by atoms with Gasteiger partial charge in [-0.3, -0.25) is 15.0 Å². The molecule has 0 saturated heterocycles. The third-order valence-corrected chi connectivity index (χ3v) is 6.58. The van der Waals surface area contributed by atoms with Gasteiger partial charge in [0.05, 0.1) is 42.4 Å². The SMILES string of the molecule is COC(=O)Nc1ccc(-c2cnn(C(CCOC(F)F)c3ccc(-c4c(-n5cnnn5)ccc(Cl)c4F)cn3)c2)cc1. The zero-order chi connectivity index (χ0) is 29.6. The van der Waals surface area contributed by atoms with Crippen molar-refractivity contribution in [2.45, 2.75) is 19.1 Å². The maximum Gasteiger partial charge on any atom is 0.411 e. The van der Waals surface area contributed by atoms with Crippen molar-refractivity contribution in [3.63, 3.8) is 0 Å². The average molecular weight is 599 g/mol. The van der Waals surface area contributed by atoms with E-state index in [9.17, 15) is 13.6 Å². The fraction of sp³-hybridized carbons (Fsp3) is 0.185. The Bertz CT molecular complexity index is 1650. The number of pyridine rings is 1. The minimum atomic E-state index is -2.93. The number of hydrogen-bond acceptors (Lipinski definition) is 8. The second-order valence-electron chi connectivity index (χ2n) is 8.82. The molecule has 3 heterocycles. The van der Waals surface area contributed by atoms with E-state index in [1.165, 1.54) is 30.4 Å². The van der Waals surface area contributed by atoms with E-state index in [0.29, 0.717) is 22.6 Å². The lowest BCUT2D eigenvalue weighted by atomic mass is 10.0. The van der Waals surface area contributed by atoms with Crippen LogP contribution in [0.4, 0.5) is 23.7 Å². The van der Waals surface area contributed by atoms with E-state index in [1.807, 2.05) is 0 Å². The van der Waals surface area contributed by atoms with E-state index in [1.54, 1.807) is 59.5 Å². The molecule has 0 aliphatic rings. The van der Waals surface area contributed by atoms with Gasteiger partial charge in [-0.1, -0.05) is 29.8 Å². The van der Waals surface area contributed by atoms with Crippen LogP contribution >= 0.6 is 11.6 Å². The van der Waals surface area contributed by atoms with Gasteiger partial charge in [-0.05, 0) is 52.7 Å². The van der Waals surface area contributed by atoms with Crippen LogP contribution in [-0.4, -0.2) is 61.4 Å². The van der Waals surface area contributed by atoms with Crippen LogP contribution in [0.25, 0.3) is 27.9 Å². The Hall–Kier alpha value is -4.82. The molecule has 0 fully saturated rings. The van der Waals surface area contributed by atoms with Crippen molar-refractivity contribution in [1.29, 1.82) is 0 Å². The largest absolute Gasteiger partial charge is 0.453 e. The van der Waals surface area contributed by atoms with Gasteiger partial charge in [-0.15, -0.1) is 5.10 Å². The molecule has 1 atom stereocenters. The van der Waals surface area contributed by atoms with E-state index in [2.05, 4.69) is 40.4 Å². The van der Waals surface area contributed by atoms with Gasteiger partial charge < -0.3 is 9.47 Å². The number of tetrazole rings is 1. The number of carbonyl (C=O) groups is 1. The van der Waals surface area contributed by atoms with Gasteiger partial charge in [0, 0.05) is 34.8 Å². The Morgan fingerprint density at radius 2 is 1.83 bits per heavy atom. The van der Waals surface area contributed by atoms with Gasteiger partial charge in [-0.25, -0.2) is 9.18 Å². The minimum absolute atomic E-state index is 0.0916. The molecule has 11 nitrogen and oxygen atoms in total. The topological polar surface area (TPSA) is 122 Å². The first kappa shape index (κ1) is 28.7. The Kier molecular flexibility index (Phi) is 8.74. The number of carbonyl (C=O) groups excluding carboxylic acids is 1. The van der Waals surface area contributed by atoms with Crippen molar-refractivity contribution in [2.75, 3.05) is 19.0 Å². The highest BCUT2D eigenvalue weighted by Gasteiger charge is 2.21. The molecule has 5 rings (SSSR count).